The van der Waals surface area contributed by atoms with Gasteiger partial charge >= 0.3 is 0 Å². The maximum Gasteiger partial charge on any atom is 0.265 e. The van der Waals surface area contributed by atoms with Crippen molar-refractivity contribution in [3.8, 4) is 0 Å². The van der Waals surface area contributed by atoms with Crippen molar-refractivity contribution >= 4 is 17.4 Å². The zero-order chi connectivity index (χ0) is 10.9. The van der Waals surface area contributed by atoms with Gasteiger partial charge in [-0.2, -0.15) is 0 Å². The summed E-state index contributed by atoms with van der Waals surface area (Å²) < 4.78 is 9.10. The molecule has 1 aromatic rings. The second-order valence-electron chi connectivity index (χ2n) is 3.92. The molecule has 2 atom stereocenters. The fraction of sp³-hybridized carbons (Fsp3) is 0.667. The minimum atomic E-state index is -0.277. The van der Waals surface area contributed by atoms with E-state index >= 15 is 0 Å². The van der Waals surface area contributed by atoms with E-state index in [-0.39, 0.29) is 17.6 Å². The Kier molecular flexibility index (Phi) is 2.70. The number of ether oxygens (including phenoxy) is 1. The molecular formula is C9H13N3O2S. The number of rotatable bonds is 2. The lowest BCUT2D eigenvalue weighted by Crippen LogP contribution is -2.50. The molecule has 2 heterocycles. The van der Waals surface area contributed by atoms with E-state index in [0.29, 0.717) is 11.5 Å². The van der Waals surface area contributed by atoms with Crippen LogP contribution in [0.25, 0.3) is 0 Å². The fourth-order valence-electron chi connectivity index (χ4n) is 1.59. The van der Waals surface area contributed by atoms with Gasteiger partial charge in [0.2, 0.25) is 0 Å². The standard InChI is InChI=1S/C9H13N3O2S/c1-6-9(2,3-4-14-6)11-8(13)7-5-10-12-15-7/h5-6H,3-4H2,1-2H3,(H,11,13). The second kappa shape index (κ2) is 3.86. The van der Waals surface area contributed by atoms with Gasteiger partial charge in [-0.15, -0.1) is 5.10 Å². The first kappa shape index (κ1) is 10.5. The molecule has 1 fully saturated rings. The number of carbonyl (C=O) groups is 1. The summed E-state index contributed by atoms with van der Waals surface area (Å²) in [5.41, 5.74) is -0.277. The van der Waals surface area contributed by atoms with Gasteiger partial charge in [-0.25, -0.2) is 0 Å². The predicted octanol–water partition coefficient (Wildman–Crippen LogP) is 0.835. The molecular weight excluding hydrogens is 214 g/mol. The van der Waals surface area contributed by atoms with Crippen LogP contribution in [0, 0.1) is 0 Å². The van der Waals surface area contributed by atoms with Crippen LogP contribution in [0.4, 0.5) is 0 Å². The van der Waals surface area contributed by atoms with E-state index < -0.39 is 0 Å². The molecule has 1 amide bonds. The maximum atomic E-state index is 11.8. The van der Waals surface area contributed by atoms with Crippen molar-refractivity contribution in [2.24, 2.45) is 0 Å². The molecule has 0 saturated carbocycles. The van der Waals surface area contributed by atoms with Crippen LogP contribution in [0.15, 0.2) is 6.20 Å². The molecule has 2 unspecified atom stereocenters. The molecule has 1 saturated heterocycles. The second-order valence-corrected chi connectivity index (χ2v) is 4.70. The van der Waals surface area contributed by atoms with Crippen molar-refractivity contribution in [3.63, 3.8) is 0 Å². The summed E-state index contributed by atoms with van der Waals surface area (Å²) in [6.45, 7) is 4.66. The first-order valence-electron chi connectivity index (χ1n) is 4.83. The molecule has 15 heavy (non-hydrogen) atoms. The Morgan fingerprint density at radius 2 is 2.60 bits per heavy atom. The molecule has 82 valence electrons. The van der Waals surface area contributed by atoms with E-state index in [1.54, 1.807) is 0 Å². The van der Waals surface area contributed by atoms with Gasteiger partial charge in [-0.3, -0.25) is 4.79 Å². The zero-order valence-electron chi connectivity index (χ0n) is 8.69. The van der Waals surface area contributed by atoms with Crippen molar-refractivity contribution in [1.29, 1.82) is 0 Å². The van der Waals surface area contributed by atoms with Gasteiger partial charge in [-0.1, -0.05) is 4.49 Å². The Morgan fingerprint density at radius 1 is 1.80 bits per heavy atom. The summed E-state index contributed by atoms with van der Waals surface area (Å²) >= 11 is 1.10. The lowest BCUT2D eigenvalue weighted by molar-refractivity contribution is 0.0730. The molecule has 1 aliphatic heterocycles. The van der Waals surface area contributed by atoms with E-state index in [9.17, 15) is 4.79 Å². The molecule has 2 rings (SSSR count). The van der Waals surface area contributed by atoms with E-state index in [1.807, 2.05) is 13.8 Å². The lowest BCUT2D eigenvalue weighted by atomic mass is 9.94. The average molecular weight is 227 g/mol. The first-order chi connectivity index (χ1) is 7.12. The van der Waals surface area contributed by atoms with Crippen LogP contribution in [0.2, 0.25) is 0 Å². The maximum absolute atomic E-state index is 11.8. The minimum Gasteiger partial charge on any atom is -0.376 e. The van der Waals surface area contributed by atoms with Crippen LogP contribution in [0.5, 0.6) is 0 Å². The lowest BCUT2D eigenvalue weighted by Gasteiger charge is -2.28. The Labute approximate surface area is 92.0 Å². The number of hydrogen-bond acceptors (Lipinski definition) is 5. The smallest absolute Gasteiger partial charge is 0.265 e. The number of nitrogens with zero attached hydrogens (tertiary/aromatic N) is 2. The van der Waals surface area contributed by atoms with Crippen LogP contribution in [0.1, 0.15) is 29.9 Å². The van der Waals surface area contributed by atoms with Crippen molar-refractivity contribution in [2.45, 2.75) is 31.9 Å². The predicted molar refractivity (Wildman–Crippen MR) is 55.8 cm³/mol. The van der Waals surface area contributed by atoms with Gasteiger partial charge in [0, 0.05) is 6.61 Å². The van der Waals surface area contributed by atoms with Crippen LogP contribution in [-0.2, 0) is 4.74 Å². The molecule has 5 nitrogen and oxygen atoms in total. The molecule has 0 bridgehead atoms. The number of amides is 1. The summed E-state index contributed by atoms with van der Waals surface area (Å²) in [6.07, 6.45) is 2.36. The number of nitrogens with one attached hydrogen (secondary N) is 1. The SMILES string of the molecule is CC1OCCC1(C)NC(=O)c1cnns1. The van der Waals surface area contributed by atoms with Crippen molar-refractivity contribution in [3.05, 3.63) is 11.1 Å². The van der Waals surface area contributed by atoms with Gasteiger partial charge in [-0.05, 0) is 31.8 Å². The number of hydrogen-bond donors (Lipinski definition) is 1. The molecule has 1 aliphatic rings. The van der Waals surface area contributed by atoms with Crippen LogP contribution < -0.4 is 5.32 Å². The highest BCUT2D eigenvalue weighted by Crippen LogP contribution is 2.25. The van der Waals surface area contributed by atoms with E-state index in [4.69, 9.17) is 4.74 Å². The highest BCUT2D eigenvalue weighted by atomic mass is 32.1. The molecule has 0 radical (unpaired) electrons. The monoisotopic (exact) mass is 227 g/mol. The highest BCUT2D eigenvalue weighted by Gasteiger charge is 2.38. The molecule has 1 aromatic heterocycles. The topological polar surface area (TPSA) is 64.1 Å². The third kappa shape index (κ3) is 2.00. The largest absolute Gasteiger partial charge is 0.376 e. The average Bonchev–Trinajstić information content (AvgIpc) is 2.78. The van der Waals surface area contributed by atoms with E-state index in [0.717, 1.165) is 18.0 Å². The van der Waals surface area contributed by atoms with Crippen LogP contribution in [0.3, 0.4) is 0 Å². The normalized spacial score (nSPS) is 30.4. The zero-order valence-corrected chi connectivity index (χ0v) is 9.50. The molecule has 0 spiro atoms. The van der Waals surface area contributed by atoms with E-state index in [1.165, 1.54) is 6.20 Å². The number of carbonyl (C=O) groups excluding carboxylic acids is 1. The van der Waals surface area contributed by atoms with Gasteiger partial charge in [0.15, 0.2) is 0 Å². The Balaban J connectivity index is 2.06. The van der Waals surface area contributed by atoms with E-state index in [2.05, 4.69) is 14.9 Å². The van der Waals surface area contributed by atoms with Crippen molar-refractivity contribution in [1.82, 2.24) is 14.9 Å². The number of aromatic nitrogens is 2. The quantitative estimate of drug-likeness (QED) is 0.813. The van der Waals surface area contributed by atoms with Crippen LogP contribution >= 0.6 is 11.5 Å². The van der Waals surface area contributed by atoms with Gasteiger partial charge in [0.1, 0.15) is 4.88 Å². The van der Waals surface area contributed by atoms with Gasteiger partial charge in [0.25, 0.3) is 5.91 Å². The third-order valence-electron chi connectivity index (χ3n) is 2.87. The Hall–Kier alpha value is -1.01. The van der Waals surface area contributed by atoms with Gasteiger partial charge in [0.05, 0.1) is 17.8 Å². The Bertz CT molecular complexity index is 354. The molecule has 0 aliphatic carbocycles. The molecule has 0 aromatic carbocycles. The summed E-state index contributed by atoms with van der Waals surface area (Å²) in [4.78, 5) is 12.3. The fourth-order valence-corrected chi connectivity index (χ4v) is 2.00. The summed E-state index contributed by atoms with van der Waals surface area (Å²) in [5, 5.41) is 6.61. The summed E-state index contributed by atoms with van der Waals surface area (Å²) in [6, 6.07) is 0. The van der Waals surface area contributed by atoms with Crippen molar-refractivity contribution < 1.29 is 9.53 Å². The third-order valence-corrected chi connectivity index (χ3v) is 3.53. The van der Waals surface area contributed by atoms with Crippen molar-refractivity contribution in [2.75, 3.05) is 6.61 Å². The summed E-state index contributed by atoms with van der Waals surface area (Å²) in [7, 11) is 0. The molecule has 1 N–H and O–H groups in total. The molecule has 6 heteroatoms. The van der Waals surface area contributed by atoms with Crippen LogP contribution in [-0.4, -0.2) is 33.7 Å². The Morgan fingerprint density at radius 3 is 3.13 bits per heavy atom. The first-order valence-corrected chi connectivity index (χ1v) is 5.61. The summed E-state index contributed by atoms with van der Waals surface area (Å²) in [5.74, 6) is -0.121. The minimum absolute atomic E-state index is 0.0438. The highest BCUT2D eigenvalue weighted by molar-refractivity contribution is 7.07. The van der Waals surface area contributed by atoms with Gasteiger partial charge < -0.3 is 10.1 Å².